The molecule has 0 saturated carbocycles. The van der Waals surface area contributed by atoms with Crippen LogP contribution < -0.4 is 5.32 Å². The minimum absolute atomic E-state index is 0.884. The minimum atomic E-state index is 0.884. The first-order chi connectivity index (χ1) is 9.17. The summed E-state index contributed by atoms with van der Waals surface area (Å²) in [5.74, 6) is 0. The molecular formula is C15H20BrN3. The van der Waals surface area contributed by atoms with E-state index < -0.39 is 0 Å². The van der Waals surface area contributed by atoms with Gasteiger partial charge in [-0.2, -0.15) is 5.10 Å². The van der Waals surface area contributed by atoms with Crippen LogP contribution in [0.25, 0.3) is 5.69 Å². The first kappa shape index (κ1) is 14.3. The number of aryl methyl sites for hydroxylation is 1. The summed E-state index contributed by atoms with van der Waals surface area (Å²) in [7, 11) is 0. The number of hydrogen-bond acceptors (Lipinski definition) is 2. The standard InChI is InChI=1S/C15H20BrN3/c1-4-14-12(9-17-5-2)10-18-19(14)15-7-6-13(16)8-11(15)3/h6-8,10,17H,4-5,9H2,1-3H3. The highest BCUT2D eigenvalue weighted by Gasteiger charge is 2.11. The second-order valence-electron chi connectivity index (χ2n) is 4.59. The second-order valence-corrected chi connectivity index (χ2v) is 5.51. The van der Waals surface area contributed by atoms with E-state index in [9.17, 15) is 0 Å². The maximum absolute atomic E-state index is 4.56. The van der Waals surface area contributed by atoms with Crippen LogP contribution in [0.2, 0.25) is 0 Å². The number of halogens is 1. The number of nitrogens with zero attached hydrogens (tertiary/aromatic N) is 2. The Balaban J connectivity index is 2.41. The molecule has 102 valence electrons. The quantitative estimate of drug-likeness (QED) is 0.911. The molecule has 1 N–H and O–H groups in total. The molecule has 0 aliphatic heterocycles. The van der Waals surface area contributed by atoms with E-state index >= 15 is 0 Å². The Bertz CT molecular complexity index is 561. The third kappa shape index (κ3) is 3.07. The van der Waals surface area contributed by atoms with Crippen molar-refractivity contribution in [1.29, 1.82) is 0 Å². The third-order valence-corrected chi connectivity index (χ3v) is 3.74. The third-order valence-electron chi connectivity index (χ3n) is 3.24. The van der Waals surface area contributed by atoms with Gasteiger partial charge in [-0.25, -0.2) is 4.68 Å². The van der Waals surface area contributed by atoms with Gasteiger partial charge in [0.25, 0.3) is 0 Å². The average molecular weight is 322 g/mol. The maximum Gasteiger partial charge on any atom is 0.0678 e. The van der Waals surface area contributed by atoms with Gasteiger partial charge in [0.2, 0.25) is 0 Å². The molecule has 1 heterocycles. The van der Waals surface area contributed by atoms with E-state index in [1.807, 2.05) is 6.20 Å². The molecule has 1 aromatic carbocycles. The zero-order valence-corrected chi connectivity index (χ0v) is 13.3. The monoisotopic (exact) mass is 321 g/mol. The van der Waals surface area contributed by atoms with Crippen LogP contribution in [0.5, 0.6) is 0 Å². The minimum Gasteiger partial charge on any atom is -0.313 e. The van der Waals surface area contributed by atoms with Crippen LogP contribution in [0.4, 0.5) is 0 Å². The van der Waals surface area contributed by atoms with E-state index in [1.54, 1.807) is 0 Å². The van der Waals surface area contributed by atoms with Gasteiger partial charge >= 0.3 is 0 Å². The predicted octanol–water partition coefficient (Wildman–Crippen LogP) is 3.62. The van der Waals surface area contributed by atoms with E-state index in [-0.39, 0.29) is 0 Å². The van der Waals surface area contributed by atoms with Gasteiger partial charge in [0.05, 0.1) is 11.9 Å². The topological polar surface area (TPSA) is 29.9 Å². The fourth-order valence-corrected chi connectivity index (χ4v) is 2.73. The lowest BCUT2D eigenvalue weighted by Gasteiger charge is -2.11. The molecule has 19 heavy (non-hydrogen) atoms. The van der Waals surface area contributed by atoms with Gasteiger partial charge in [-0.1, -0.05) is 29.8 Å². The van der Waals surface area contributed by atoms with Crippen molar-refractivity contribution >= 4 is 15.9 Å². The predicted molar refractivity (Wildman–Crippen MR) is 82.8 cm³/mol. The number of nitrogens with one attached hydrogen (secondary N) is 1. The summed E-state index contributed by atoms with van der Waals surface area (Å²) < 4.78 is 3.17. The zero-order chi connectivity index (χ0) is 13.8. The molecule has 0 unspecified atom stereocenters. The Hall–Kier alpha value is -1.13. The van der Waals surface area contributed by atoms with Crippen molar-refractivity contribution in [3.05, 3.63) is 45.7 Å². The highest BCUT2D eigenvalue weighted by Crippen LogP contribution is 2.22. The Kier molecular flexibility index (Phi) is 4.77. The van der Waals surface area contributed by atoms with E-state index in [0.717, 1.165) is 29.7 Å². The van der Waals surface area contributed by atoms with Crippen molar-refractivity contribution < 1.29 is 0 Å². The van der Waals surface area contributed by atoms with Crippen LogP contribution in [-0.2, 0) is 13.0 Å². The fraction of sp³-hybridized carbons (Fsp3) is 0.400. The van der Waals surface area contributed by atoms with E-state index in [2.05, 4.69) is 70.0 Å². The molecule has 0 amide bonds. The summed E-state index contributed by atoms with van der Waals surface area (Å²) in [6.07, 6.45) is 2.96. The van der Waals surface area contributed by atoms with E-state index in [1.165, 1.54) is 16.8 Å². The SMILES string of the molecule is CCNCc1cnn(-c2ccc(Br)cc2C)c1CC. The largest absolute Gasteiger partial charge is 0.313 e. The smallest absolute Gasteiger partial charge is 0.0678 e. The van der Waals surface area contributed by atoms with Gasteiger partial charge in [0.1, 0.15) is 0 Å². The molecule has 0 atom stereocenters. The Labute approximate surface area is 123 Å². The molecule has 0 bridgehead atoms. The highest BCUT2D eigenvalue weighted by atomic mass is 79.9. The molecule has 2 aromatic rings. The van der Waals surface area contributed by atoms with Crippen molar-refractivity contribution in [3.8, 4) is 5.69 Å². The number of rotatable bonds is 5. The Morgan fingerprint density at radius 2 is 2.11 bits per heavy atom. The Morgan fingerprint density at radius 1 is 1.32 bits per heavy atom. The normalized spacial score (nSPS) is 10.9. The zero-order valence-electron chi connectivity index (χ0n) is 11.7. The lowest BCUT2D eigenvalue weighted by atomic mass is 10.1. The Morgan fingerprint density at radius 3 is 2.74 bits per heavy atom. The van der Waals surface area contributed by atoms with Crippen LogP contribution in [0, 0.1) is 6.92 Å². The first-order valence-corrected chi connectivity index (χ1v) is 7.49. The molecule has 0 saturated heterocycles. The van der Waals surface area contributed by atoms with Gasteiger partial charge in [-0.05, 0) is 43.7 Å². The maximum atomic E-state index is 4.56. The molecule has 4 heteroatoms. The van der Waals surface area contributed by atoms with Gasteiger partial charge in [-0.3, -0.25) is 0 Å². The van der Waals surface area contributed by atoms with Crippen LogP contribution in [0.1, 0.15) is 30.7 Å². The van der Waals surface area contributed by atoms with Crippen LogP contribution in [-0.4, -0.2) is 16.3 Å². The molecule has 0 aliphatic rings. The van der Waals surface area contributed by atoms with Crippen LogP contribution >= 0.6 is 15.9 Å². The van der Waals surface area contributed by atoms with Crippen molar-refractivity contribution in [2.45, 2.75) is 33.7 Å². The second kappa shape index (κ2) is 6.35. The van der Waals surface area contributed by atoms with Gasteiger partial charge in [0.15, 0.2) is 0 Å². The van der Waals surface area contributed by atoms with Crippen LogP contribution in [0.3, 0.4) is 0 Å². The molecule has 1 aromatic heterocycles. The van der Waals surface area contributed by atoms with Gasteiger partial charge in [0, 0.05) is 22.3 Å². The summed E-state index contributed by atoms with van der Waals surface area (Å²) >= 11 is 3.50. The highest BCUT2D eigenvalue weighted by molar-refractivity contribution is 9.10. The molecule has 0 fully saturated rings. The molecule has 3 nitrogen and oxygen atoms in total. The first-order valence-electron chi connectivity index (χ1n) is 6.70. The van der Waals surface area contributed by atoms with Crippen LogP contribution in [0.15, 0.2) is 28.9 Å². The van der Waals surface area contributed by atoms with Crippen molar-refractivity contribution in [1.82, 2.24) is 15.1 Å². The number of benzene rings is 1. The molecule has 2 rings (SSSR count). The fourth-order valence-electron chi connectivity index (χ4n) is 2.26. The molecular weight excluding hydrogens is 302 g/mol. The lowest BCUT2D eigenvalue weighted by molar-refractivity contribution is 0.715. The molecule has 0 aliphatic carbocycles. The summed E-state index contributed by atoms with van der Waals surface area (Å²) in [6, 6.07) is 6.30. The van der Waals surface area contributed by atoms with Gasteiger partial charge < -0.3 is 5.32 Å². The summed E-state index contributed by atoms with van der Waals surface area (Å²) in [5, 5.41) is 7.93. The average Bonchev–Trinajstić information content (AvgIpc) is 2.79. The summed E-state index contributed by atoms with van der Waals surface area (Å²) in [5.41, 5.74) is 4.95. The van der Waals surface area contributed by atoms with E-state index in [4.69, 9.17) is 0 Å². The summed E-state index contributed by atoms with van der Waals surface area (Å²) in [6.45, 7) is 8.28. The number of hydrogen-bond donors (Lipinski definition) is 1. The lowest BCUT2D eigenvalue weighted by Crippen LogP contribution is -2.13. The van der Waals surface area contributed by atoms with Crippen molar-refractivity contribution in [2.75, 3.05) is 6.54 Å². The van der Waals surface area contributed by atoms with Crippen molar-refractivity contribution in [2.24, 2.45) is 0 Å². The summed E-state index contributed by atoms with van der Waals surface area (Å²) in [4.78, 5) is 0. The van der Waals surface area contributed by atoms with E-state index in [0.29, 0.717) is 0 Å². The number of aromatic nitrogens is 2. The van der Waals surface area contributed by atoms with Crippen molar-refractivity contribution in [3.63, 3.8) is 0 Å². The molecule has 0 radical (unpaired) electrons. The molecule has 0 spiro atoms. The van der Waals surface area contributed by atoms with Gasteiger partial charge in [-0.15, -0.1) is 0 Å².